The van der Waals surface area contributed by atoms with E-state index in [9.17, 15) is 27.6 Å². The minimum Gasteiger partial charge on any atom is -0.478 e. The van der Waals surface area contributed by atoms with Crippen LogP contribution in [0.3, 0.4) is 0 Å². The predicted octanol–water partition coefficient (Wildman–Crippen LogP) is 5.04. The Labute approximate surface area is 219 Å². The highest BCUT2D eigenvalue weighted by Crippen LogP contribution is 2.42. The minimum absolute atomic E-state index is 0.00568. The van der Waals surface area contributed by atoms with Crippen LogP contribution in [0.1, 0.15) is 48.0 Å². The van der Waals surface area contributed by atoms with E-state index in [2.05, 4.69) is 27.2 Å². The summed E-state index contributed by atoms with van der Waals surface area (Å²) in [6, 6.07) is 4.37. The maximum atomic E-state index is 14.0. The first-order valence-electron chi connectivity index (χ1n) is 12.4. The molecule has 3 aromatic rings. The molecule has 1 aliphatic carbocycles. The third-order valence-electron chi connectivity index (χ3n) is 7.01. The molecule has 2 heterocycles. The maximum Gasteiger partial charge on any atom is 0.463 e. The normalized spacial score (nSPS) is 18.3. The Bertz CT molecular complexity index is 1350. The van der Waals surface area contributed by atoms with Gasteiger partial charge in [-0.15, -0.1) is 4.34 Å². The summed E-state index contributed by atoms with van der Waals surface area (Å²) in [5.41, 5.74) is 4.49. The van der Waals surface area contributed by atoms with Crippen LogP contribution < -0.4 is 11.1 Å². The van der Waals surface area contributed by atoms with Crippen LogP contribution in [0, 0.1) is 0 Å². The molecule has 1 aliphatic rings. The Morgan fingerprint density at radius 3 is 2.74 bits per heavy atom. The SMILES string of the molecule is CN(CCCCN)[C@H]1CC[C@H](Nc2ncc(C(F)(F)F)c(-c3cn([P+](C)=O)c4cc(C(=O)O)ccc34)n2)C1. The number of rotatable bonds is 10. The molecule has 3 atom stereocenters. The van der Waals surface area contributed by atoms with Crippen molar-refractivity contribution in [1.29, 1.82) is 0 Å². The van der Waals surface area contributed by atoms with Crippen molar-refractivity contribution in [3.05, 3.63) is 41.7 Å². The van der Waals surface area contributed by atoms with Crippen LogP contribution in [0.5, 0.6) is 0 Å². The predicted molar refractivity (Wildman–Crippen MR) is 140 cm³/mol. The van der Waals surface area contributed by atoms with E-state index in [1.165, 1.54) is 35.4 Å². The molecule has 38 heavy (non-hydrogen) atoms. The van der Waals surface area contributed by atoms with Crippen molar-refractivity contribution in [3.8, 4) is 11.3 Å². The van der Waals surface area contributed by atoms with Gasteiger partial charge in [0.2, 0.25) is 5.95 Å². The van der Waals surface area contributed by atoms with Crippen molar-refractivity contribution in [2.45, 2.75) is 50.4 Å². The zero-order valence-corrected chi connectivity index (χ0v) is 22.1. The molecule has 0 aliphatic heterocycles. The number of nitrogens with one attached hydrogen (secondary N) is 1. The summed E-state index contributed by atoms with van der Waals surface area (Å²) in [5, 5.41) is 12.9. The van der Waals surface area contributed by atoms with Gasteiger partial charge in [-0.25, -0.2) is 14.8 Å². The fourth-order valence-electron chi connectivity index (χ4n) is 4.99. The standard InChI is InChI=1S/C25H30F3N6O3P/c1-33(10-4-3-9-29)17-7-6-16(12-17)31-24-30-13-20(25(26,27)28)22(32-24)19-14-34(38(2)37)21-11-15(23(35)36)5-8-18(19)21/h5,8,11,13-14,16-17H,3-4,6-7,9-10,12,29H2,1-2H3,(H-,30,31,32,35,36)/p+1/t16-,17-/m0/s1. The molecule has 1 aromatic carbocycles. The van der Waals surface area contributed by atoms with Gasteiger partial charge >= 0.3 is 20.1 Å². The summed E-state index contributed by atoms with van der Waals surface area (Å²) in [4.78, 5) is 22.0. The van der Waals surface area contributed by atoms with Gasteiger partial charge in [0.05, 0.1) is 23.0 Å². The van der Waals surface area contributed by atoms with Gasteiger partial charge in [-0.1, -0.05) is 6.07 Å². The van der Waals surface area contributed by atoms with Crippen LogP contribution in [-0.4, -0.2) is 69.2 Å². The smallest absolute Gasteiger partial charge is 0.463 e. The average molecular weight is 552 g/mol. The molecule has 4 rings (SSSR count). The van der Waals surface area contributed by atoms with Crippen molar-refractivity contribution >= 4 is 30.8 Å². The minimum atomic E-state index is -4.73. The number of halogens is 3. The van der Waals surface area contributed by atoms with Crippen molar-refractivity contribution < 1.29 is 27.6 Å². The molecule has 0 saturated heterocycles. The third-order valence-corrected chi connectivity index (χ3v) is 7.95. The first-order chi connectivity index (χ1) is 18.0. The van der Waals surface area contributed by atoms with Gasteiger partial charge in [-0.3, -0.25) is 0 Å². The van der Waals surface area contributed by atoms with E-state index >= 15 is 0 Å². The Balaban J connectivity index is 1.68. The van der Waals surface area contributed by atoms with Gasteiger partial charge in [0.1, 0.15) is 5.56 Å². The van der Waals surface area contributed by atoms with Crippen LogP contribution in [0.2, 0.25) is 0 Å². The summed E-state index contributed by atoms with van der Waals surface area (Å²) in [6.07, 6.45) is 1.93. The number of fused-ring (bicyclic) bond motifs is 1. The summed E-state index contributed by atoms with van der Waals surface area (Å²) < 4.78 is 55.8. The van der Waals surface area contributed by atoms with E-state index < -0.39 is 25.7 Å². The summed E-state index contributed by atoms with van der Waals surface area (Å²) in [7, 11) is 0.0215. The Hall–Kier alpha value is -3.08. The van der Waals surface area contributed by atoms with Crippen molar-refractivity contribution in [2.24, 2.45) is 5.73 Å². The van der Waals surface area contributed by atoms with E-state index in [4.69, 9.17) is 5.73 Å². The first-order valence-corrected chi connectivity index (χ1v) is 14.1. The molecule has 13 heteroatoms. The van der Waals surface area contributed by atoms with Crippen LogP contribution in [0.4, 0.5) is 19.1 Å². The lowest BCUT2D eigenvalue weighted by Crippen LogP contribution is -2.32. The number of aromatic carboxylic acids is 1. The van der Waals surface area contributed by atoms with Crippen molar-refractivity contribution in [2.75, 3.05) is 32.1 Å². The summed E-state index contributed by atoms with van der Waals surface area (Å²) in [6.45, 7) is 2.99. The van der Waals surface area contributed by atoms with E-state index in [0.29, 0.717) is 18.0 Å². The molecular weight excluding hydrogens is 520 g/mol. The molecule has 204 valence electrons. The largest absolute Gasteiger partial charge is 0.478 e. The molecular formula is C25H31F3N6O3P+. The van der Waals surface area contributed by atoms with E-state index in [0.717, 1.165) is 44.8 Å². The first kappa shape index (κ1) is 27.9. The van der Waals surface area contributed by atoms with E-state index in [1.807, 2.05) is 0 Å². The third kappa shape index (κ3) is 5.98. The Morgan fingerprint density at radius 1 is 1.32 bits per heavy atom. The number of carbonyl (C=O) groups is 1. The van der Waals surface area contributed by atoms with Crippen LogP contribution >= 0.6 is 7.95 Å². The second-order valence-corrected chi connectivity index (χ2v) is 11.0. The number of aromatic nitrogens is 3. The lowest BCUT2D eigenvalue weighted by atomic mass is 10.0. The van der Waals surface area contributed by atoms with Gasteiger partial charge in [0.25, 0.3) is 0 Å². The van der Waals surface area contributed by atoms with E-state index in [-0.39, 0.29) is 34.3 Å². The number of benzene rings is 1. The molecule has 0 amide bonds. The number of anilines is 1. The number of carboxylic acids is 1. The number of unbranched alkanes of at least 4 members (excludes halogenated alkanes) is 1. The summed E-state index contributed by atoms with van der Waals surface area (Å²) >= 11 is 0. The van der Waals surface area contributed by atoms with Crippen LogP contribution in [0.15, 0.2) is 30.6 Å². The number of hydrogen-bond donors (Lipinski definition) is 3. The highest BCUT2D eigenvalue weighted by Gasteiger charge is 2.37. The molecule has 0 bridgehead atoms. The monoisotopic (exact) mass is 551 g/mol. The second kappa shape index (κ2) is 11.3. The lowest BCUT2D eigenvalue weighted by molar-refractivity contribution is -0.137. The molecule has 2 aromatic heterocycles. The Morgan fingerprint density at radius 2 is 2.08 bits per heavy atom. The van der Waals surface area contributed by atoms with E-state index in [1.54, 1.807) is 0 Å². The second-order valence-electron chi connectivity index (χ2n) is 9.63. The summed E-state index contributed by atoms with van der Waals surface area (Å²) in [5.74, 6) is -1.12. The molecule has 0 spiro atoms. The average Bonchev–Trinajstić information content (AvgIpc) is 3.48. The van der Waals surface area contributed by atoms with Crippen molar-refractivity contribution in [1.82, 2.24) is 19.2 Å². The highest BCUT2D eigenvalue weighted by atomic mass is 31.1. The van der Waals surface area contributed by atoms with Gasteiger partial charge in [-0.05, 0) is 68.9 Å². The fraction of sp³-hybridized carbons (Fsp3) is 0.480. The number of nitrogens with zero attached hydrogens (tertiary/aromatic N) is 4. The van der Waals surface area contributed by atoms with Gasteiger partial charge < -0.3 is 21.1 Å². The number of alkyl halides is 3. The van der Waals surface area contributed by atoms with Gasteiger partial charge in [0, 0.05) is 29.2 Å². The molecule has 1 fully saturated rings. The number of carboxylic acid groups (broad SMARTS) is 1. The zero-order valence-electron chi connectivity index (χ0n) is 21.2. The highest BCUT2D eigenvalue weighted by molar-refractivity contribution is 7.42. The number of hydrogen-bond acceptors (Lipinski definition) is 7. The fourth-order valence-corrected chi connectivity index (χ4v) is 5.74. The van der Waals surface area contributed by atoms with Crippen LogP contribution in [0.25, 0.3) is 22.2 Å². The van der Waals surface area contributed by atoms with Crippen molar-refractivity contribution in [3.63, 3.8) is 0 Å². The Kier molecular flexibility index (Phi) is 8.34. The maximum absolute atomic E-state index is 14.0. The quantitative estimate of drug-likeness (QED) is 0.236. The molecule has 1 unspecified atom stereocenters. The topological polar surface area (TPSA) is 126 Å². The lowest BCUT2D eigenvalue weighted by Gasteiger charge is -2.24. The van der Waals surface area contributed by atoms with Gasteiger partial charge in [-0.2, -0.15) is 13.2 Å². The molecule has 9 nitrogen and oxygen atoms in total. The number of nitrogens with two attached hydrogens (primary N) is 1. The molecule has 4 N–H and O–H groups in total. The van der Waals surface area contributed by atoms with Crippen LogP contribution in [-0.2, 0) is 10.7 Å². The molecule has 1 saturated carbocycles. The zero-order chi connectivity index (χ0) is 27.6. The van der Waals surface area contributed by atoms with Gasteiger partial charge in [0.15, 0.2) is 6.66 Å². The molecule has 0 radical (unpaired) electrons.